The molecule has 0 fully saturated rings. The van der Waals surface area contributed by atoms with E-state index in [1.54, 1.807) is 0 Å². The van der Waals surface area contributed by atoms with Crippen molar-refractivity contribution in [3.8, 4) is 0 Å². The molecule has 1 rings (SSSR count). The van der Waals surface area contributed by atoms with Crippen LogP contribution in [0.15, 0.2) is 18.2 Å². The number of rotatable bonds is 2. The van der Waals surface area contributed by atoms with Crippen molar-refractivity contribution in [2.24, 2.45) is 0 Å². The molecule has 0 heterocycles. The average molecular weight is 193 g/mol. The first-order chi connectivity index (χ1) is 6.63. The normalized spacial score (nSPS) is 9.21. The molecule has 1 aromatic carbocycles. The van der Waals surface area contributed by atoms with Crippen molar-refractivity contribution in [3.63, 3.8) is 0 Å². The number of benzene rings is 1. The van der Waals surface area contributed by atoms with Crippen LogP contribution in [0.25, 0.3) is 0 Å². The van der Waals surface area contributed by atoms with Crippen LogP contribution in [0.3, 0.4) is 0 Å². The van der Waals surface area contributed by atoms with Gasteiger partial charge in [0.15, 0.2) is 0 Å². The van der Waals surface area contributed by atoms with Crippen molar-refractivity contribution < 1.29 is 0 Å². The Labute approximate surface area is 88.5 Å². The molecule has 0 unspecified atom stereocenters. The quantitative estimate of drug-likeness (QED) is 0.760. The van der Waals surface area contributed by atoms with Gasteiger partial charge in [-0.3, -0.25) is 0 Å². The van der Waals surface area contributed by atoms with Gasteiger partial charge in [-0.05, 0) is 50.6 Å². The first-order valence-electron chi connectivity index (χ1n) is 5.37. The largest absolute Gasteiger partial charge is 0.317 e. The van der Waals surface area contributed by atoms with E-state index in [4.69, 9.17) is 0 Å². The summed E-state index contributed by atoms with van der Waals surface area (Å²) in [5, 5.41) is 3.11. The van der Waals surface area contributed by atoms with Crippen LogP contribution >= 0.6 is 0 Å². The predicted octanol–water partition coefficient (Wildman–Crippen LogP) is 3.23. The second-order valence-corrected chi connectivity index (χ2v) is 3.47. The maximum atomic E-state index is 3.11. The second-order valence-electron chi connectivity index (χ2n) is 3.47. The Balaban J connectivity index is 0.000000292. The van der Waals surface area contributed by atoms with Crippen LogP contribution in [0.2, 0.25) is 0 Å². The van der Waals surface area contributed by atoms with E-state index in [1.807, 2.05) is 0 Å². The zero-order valence-electron chi connectivity index (χ0n) is 10.1. The van der Waals surface area contributed by atoms with E-state index in [-0.39, 0.29) is 0 Å². The third-order valence-electron chi connectivity index (χ3n) is 2.38. The molecule has 1 aromatic rings. The predicted molar refractivity (Wildman–Crippen MR) is 64.9 cm³/mol. The van der Waals surface area contributed by atoms with Crippen molar-refractivity contribution in [2.75, 3.05) is 13.1 Å². The molecular weight excluding hydrogens is 170 g/mol. The molecule has 14 heavy (non-hydrogen) atoms. The van der Waals surface area contributed by atoms with E-state index in [1.165, 1.54) is 16.7 Å². The monoisotopic (exact) mass is 193 g/mol. The molecule has 0 aliphatic carbocycles. The van der Waals surface area contributed by atoms with E-state index < -0.39 is 0 Å². The molecular formula is C13H23N. The van der Waals surface area contributed by atoms with Crippen molar-refractivity contribution in [1.29, 1.82) is 0 Å². The summed E-state index contributed by atoms with van der Waals surface area (Å²) in [6.45, 7) is 12.8. The van der Waals surface area contributed by atoms with Gasteiger partial charge in [0.1, 0.15) is 0 Å². The molecule has 0 aliphatic heterocycles. The Bertz CT molecular complexity index is 231. The molecule has 0 spiro atoms. The summed E-state index contributed by atoms with van der Waals surface area (Å²) in [4.78, 5) is 0. The highest BCUT2D eigenvalue weighted by Gasteiger charge is 1.91. The van der Waals surface area contributed by atoms with Crippen LogP contribution in [-0.4, -0.2) is 13.1 Å². The third-order valence-corrected chi connectivity index (χ3v) is 2.38. The maximum absolute atomic E-state index is 3.11. The lowest BCUT2D eigenvalue weighted by molar-refractivity contribution is 0.762. The SMILES string of the molecule is CCNCC.Cc1cccc(C)c1C. The first kappa shape index (κ1) is 13.2. The van der Waals surface area contributed by atoms with Crippen LogP contribution in [0, 0.1) is 20.8 Å². The minimum absolute atomic E-state index is 1.09. The molecule has 0 radical (unpaired) electrons. The Morgan fingerprint density at radius 3 is 1.57 bits per heavy atom. The second kappa shape index (κ2) is 7.57. The summed E-state index contributed by atoms with van der Waals surface area (Å²) in [6.07, 6.45) is 0. The molecule has 0 amide bonds. The van der Waals surface area contributed by atoms with E-state index in [9.17, 15) is 0 Å². The van der Waals surface area contributed by atoms with Gasteiger partial charge in [-0.1, -0.05) is 32.0 Å². The van der Waals surface area contributed by atoms with Crippen molar-refractivity contribution in [2.45, 2.75) is 34.6 Å². The van der Waals surface area contributed by atoms with E-state index in [0.29, 0.717) is 0 Å². The topological polar surface area (TPSA) is 12.0 Å². The summed E-state index contributed by atoms with van der Waals surface area (Å²) in [5.74, 6) is 0. The van der Waals surface area contributed by atoms with Crippen molar-refractivity contribution >= 4 is 0 Å². The number of hydrogen-bond donors (Lipinski definition) is 1. The Hall–Kier alpha value is -0.820. The molecule has 80 valence electrons. The lowest BCUT2D eigenvalue weighted by Gasteiger charge is -2.00. The van der Waals surface area contributed by atoms with Crippen LogP contribution in [0.5, 0.6) is 0 Å². The lowest BCUT2D eigenvalue weighted by atomic mass is 10.1. The highest BCUT2D eigenvalue weighted by atomic mass is 14.8. The third kappa shape index (κ3) is 5.03. The van der Waals surface area contributed by atoms with Crippen LogP contribution in [0.4, 0.5) is 0 Å². The minimum Gasteiger partial charge on any atom is -0.317 e. The van der Waals surface area contributed by atoms with Gasteiger partial charge in [-0.25, -0.2) is 0 Å². The molecule has 0 saturated heterocycles. The van der Waals surface area contributed by atoms with Crippen LogP contribution < -0.4 is 5.32 Å². The van der Waals surface area contributed by atoms with Crippen LogP contribution in [0.1, 0.15) is 30.5 Å². The Kier molecular flexibility index (Phi) is 7.13. The summed E-state index contributed by atoms with van der Waals surface area (Å²) in [7, 11) is 0. The Morgan fingerprint density at radius 1 is 0.929 bits per heavy atom. The molecule has 0 bridgehead atoms. The van der Waals surface area contributed by atoms with E-state index in [0.717, 1.165) is 13.1 Å². The van der Waals surface area contributed by atoms with Gasteiger partial charge in [0.25, 0.3) is 0 Å². The van der Waals surface area contributed by atoms with E-state index >= 15 is 0 Å². The van der Waals surface area contributed by atoms with E-state index in [2.05, 4.69) is 58.1 Å². The summed E-state index contributed by atoms with van der Waals surface area (Å²) in [5.41, 5.74) is 4.18. The van der Waals surface area contributed by atoms with Crippen LogP contribution in [-0.2, 0) is 0 Å². The summed E-state index contributed by atoms with van der Waals surface area (Å²) in [6, 6.07) is 6.38. The zero-order chi connectivity index (χ0) is 11.0. The van der Waals surface area contributed by atoms with Gasteiger partial charge in [0.05, 0.1) is 0 Å². The van der Waals surface area contributed by atoms with Gasteiger partial charge >= 0.3 is 0 Å². The maximum Gasteiger partial charge on any atom is -0.00775 e. The Morgan fingerprint density at radius 2 is 1.36 bits per heavy atom. The summed E-state index contributed by atoms with van der Waals surface area (Å²) < 4.78 is 0. The molecule has 1 nitrogen and oxygen atoms in total. The number of nitrogens with one attached hydrogen (secondary N) is 1. The summed E-state index contributed by atoms with van der Waals surface area (Å²) >= 11 is 0. The first-order valence-corrected chi connectivity index (χ1v) is 5.37. The highest BCUT2D eigenvalue weighted by molar-refractivity contribution is 5.31. The number of hydrogen-bond acceptors (Lipinski definition) is 1. The fourth-order valence-electron chi connectivity index (χ4n) is 1.15. The zero-order valence-corrected chi connectivity index (χ0v) is 10.1. The average Bonchev–Trinajstić information content (AvgIpc) is 2.16. The molecule has 0 atom stereocenters. The molecule has 0 aliphatic rings. The fourth-order valence-corrected chi connectivity index (χ4v) is 1.15. The minimum atomic E-state index is 1.09. The van der Waals surface area contributed by atoms with Crippen molar-refractivity contribution in [1.82, 2.24) is 5.32 Å². The molecule has 0 saturated carbocycles. The van der Waals surface area contributed by atoms with Gasteiger partial charge in [-0.2, -0.15) is 0 Å². The standard InChI is InChI=1S/C9H12.C4H11N/c1-7-5-4-6-8(2)9(7)3;1-3-5-4-2/h4-6H,1-3H3;5H,3-4H2,1-2H3. The lowest BCUT2D eigenvalue weighted by Crippen LogP contribution is -2.09. The molecule has 0 aromatic heterocycles. The van der Waals surface area contributed by atoms with Gasteiger partial charge in [0, 0.05) is 0 Å². The smallest absolute Gasteiger partial charge is 0.00775 e. The van der Waals surface area contributed by atoms with Gasteiger partial charge in [-0.15, -0.1) is 0 Å². The molecule has 1 N–H and O–H groups in total. The number of aryl methyl sites for hydroxylation is 2. The van der Waals surface area contributed by atoms with Gasteiger partial charge < -0.3 is 5.32 Å². The van der Waals surface area contributed by atoms with Crippen molar-refractivity contribution in [3.05, 3.63) is 34.9 Å². The fraction of sp³-hybridized carbons (Fsp3) is 0.538. The van der Waals surface area contributed by atoms with Gasteiger partial charge in [0.2, 0.25) is 0 Å². The highest BCUT2D eigenvalue weighted by Crippen LogP contribution is 2.09. The molecule has 1 heteroatoms.